The summed E-state index contributed by atoms with van der Waals surface area (Å²) in [5.41, 5.74) is 1.75. The highest BCUT2D eigenvalue weighted by Gasteiger charge is 2.34. The van der Waals surface area contributed by atoms with E-state index in [1.54, 1.807) is 60.7 Å². The largest absolute Gasteiger partial charge is 0.495 e. The Bertz CT molecular complexity index is 1410. The Hall–Kier alpha value is -3.56. The third-order valence-corrected chi connectivity index (χ3v) is 8.62. The van der Waals surface area contributed by atoms with Gasteiger partial charge in [-0.15, -0.1) is 0 Å². The molecule has 0 saturated heterocycles. The number of anilines is 1. The molecule has 0 radical (unpaired) electrons. The topological polar surface area (TPSA) is 96.0 Å². The van der Waals surface area contributed by atoms with Crippen molar-refractivity contribution in [2.75, 3.05) is 24.5 Å². The molecule has 0 aliphatic heterocycles. The Morgan fingerprint density at radius 2 is 1.62 bits per heavy atom. The smallest absolute Gasteiger partial charge is 0.264 e. The predicted molar refractivity (Wildman–Crippen MR) is 158 cm³/mol. The minimum Gasteiger partial charge on any atom is -0.495 e. The summed E-state index contributed by atoms with van der Waals surface area (Å²) >= 11 is 6.43. The molecule has 8 nitrogen and oxygen atoms in total. The second kappa shape index (κ2) is 14.2. The van der Waals surface area contributed by atoms with E-state index in [1.165, 1.54) is 24.1 Å². The fraction of sp³-hybridized carbons (Fsp3) is 0.333. The van der Waals surface area contributed by atoms with Gasteiger partial charge in [-0.2, -0.15) is 0 Å². The number of carbonyl (C=O) groups is 2. The van der Waals surface area contributed by atoms with Crippen molar-refractivity contribution in [2.24, 2.45) is 0 Å². The third kappa shape index (κ3) is 7.34. The molecule has 0 aliphatic rings. The Labute approximate surface area is 241 Å². The average molecular weight is 586 g/mol. The zero-order valence-corrected chi connectivity index (χ0v) is 24.8. The van der Waals surface area contributed by atoms with Crippen molar-refractivity contribution in [2.45, 2.75) is 51.1 Å². The van der Waals surface area contributed by atoms with Gasteiger partial charge in [0.1, 0.15) is 18.3 Å². The maximum absolute atomic E-state index is 14.1. The van der Waals surface area contributed by atoms with Gasteiger partial charge in [0.05, 0.1) is 17.7 Å². The van der Waals surface area contributed by atoms with Gasteiger partial charge < -0.3 is 15.0 Å². The average Bonchev–Trinajstić information content (AvgIpc) is 2.95. The lowest BCUT2D eigenvalue weighted by Crippen LogP contribution is -2.52. The Morgan fingerprint density at radius 3 is 2.25 bits per heavy atom. The highest BCUT2D eigenvalue weighted by Crippen LogP contribution is 2.33. The second-order valence-corrected chi connectivity index (χ2v) is 11.6. The number of aryl methyl sites for hydroxylation is 1. The lowest BCUT2D eigenvalue weighted by Gasteiger charge is -2.33. The van der Waals surface area contributed by atoms with Crippen LogP contribution < -0.4 is 14.4 Å². The molecule has 3 aromatic carbocycles. The molecule has 0 unspecified atom stereocenters. The number of hydrogen-bond acceptors (Lipinski definition) is 5. The lowest BCUT2D eigenvalue weighted by atomic mass is 10.1. The number of nitrogens with zero attached hydrogens (tertiary/aromatic N) is 2. The number of ether oxygens (including phenoxy) is 1. The zero-order valence-electron chi connectivity index (χ0n) is 23.3. The summed E-state index contributed by atoms with van der Waals surface area (Å²) in [7, 11) is -2.76. The van der Waals surface area contributed by atoms with E-state index < -0.39 is 28.5 Å². The van der Waals surface area contributed by atoms with Crippen molar-refractivity contribution in [1.82, 2.24) is 10.2 Å². The third-order valence-electron chi connectivity index (χ3n) is 6.48. The van der Waals surface area contributed by atoms with Gasteiger partial charge in [0.2, 0.25) is 11.8 Å². The zero-order chi connectivity index (χ0) is 29.3. The normalized spacial score (nSPS) is 11.9. The Balaban J connectivity index is 2.10. The fourth-order valence-electron chi connectivity index (χ4n) is 4.28. The molecule has 0 heterocycles. The molecule has 0 bridgehead atoms. The van der Waals surface area contributed by atoms with Gasteiger partial charge >= 0.3 is 0 Å². The predicted octanol–water partition coefficient (Wildman–Crippen LogP) is 5.19. The molecule has 0 spiro atoms. The number of halogens is 1. The first kappa shape index (κ1) is 31.0. The van der Waals surface area contributed by atoms with Crippen LogP contribution in [0.5, 0.6) is 5.75 Å². The summed E-state index contributed by atoms with van der Waals surface area (Å²) in [5.74, 6) is -0.577. The van der Waals surface area contributed by atoms with Crippen molar-refractivity contribution < 1.29 is 22.7 Å². The molecular formula is C30H36ClN3O5S. The monoisotopic (exact) mass is 585 g/mol. The number of methoxy groups -OCH3 is 1. The van der Waals surface area contributed by atoms with Gasteiger partial charge in [-0.3, -0.25) is 13.9 Å². The number of benzene rings is 3. The fourth-order valence-corrected chi connectivity index (χ4v) is 5.90. The lowest BCUT2D eigenvalue weighted by molar-refractivity contribution is -0.140. The number of para-hydroxylation sites is 2. The number of nitrogens with one attached hydrogen (secondary N) is 1. The molecule has 1 atom stereocenters. The molecule has 40 heavy (non-hydrogen) atoms. The summed E-state index contributed by atoms with van der Waals surface area (Å²) < 4.78 is 34.5. The van der Waals surface area contributed by atoms with E-state index in [-0.39, 0.29) is 28.8 Å². The Kier molecular flexibility index (Phi) is 11.0. The number of carbonyl (C=O) groups excluding carboxylic acids is 2. The molecular weight excluding hydrogens is 550 g/mol. The quantitative estimate of drug-likeness (QED) is 0.298. The maximum Gasteiger partial charge on any atom is 0.264 e. The van der Waals surface area contributed by atoms with Crippen LogP contribution in [-0.4, -0.2) is 51.4 Å². The van der Waals surface area contributed by atoms with Gasteiger partial charge in [-0.1, -0.05) is 73.5 Å². The highest BCUT2D eigenvalue weighted by atomic mass is 35.5. The van der Waals surface area contributed by atoms with Crippen molar-refractivity contribution in [3.8, 4) is 5.75 Å². The van der Waals surface area contributed by atoms with Crippen LogP contribution in [0.25, 0.3) is 0 Å². The van der Waals surface area contributed by atoms with E-state index in [1.807, 2.05) is 20.8 Å². The standard InChI is InChI=1S/C30H36ClN3O5S/c1-5-19-32-30(36)26(6-2)33(20-23-11-7-8-12-25(23)31)29(35)21-34(27-13-9-10-14-28(27)39-4)40(37,38)24-17-15-22(3)16-18-24/h7-18,26H,5-6,19-21H2,1-4H3,(H,32,36)/t26-/m1/s1. The van der Waals surface area contributed by atoms with E-state index in [2.05, 4.69) is 5.32 Å². The van der Waals surface area contributed by atoms with E-state index in [4.69, 9.17) is 16.3 Å². The van der Waals surface area contributed by atoms with Crippen LogP contribution in [0, 0.1) is 6.92 Å². The van der Waals surface area contributed by atoms with Gasteiger partial charge in [-0.05, 0) is 55.7 Å². The second-order valence-electron chi connectivity index (χ2n) is 9.32. The van der Waals surface area contributed by atoms with Gasteiger partial charge in [0.25, 0.3) is 10.0 Å². The van der Waals surface area contributed by atoms with Crippen LogP contribution in [0.1, 0.15) is 37.8 Å². The first-order valence-corrected chi connectivity index (χ1v) is 15.0. The summed E-state index contributed by atoms with van der Waals surface area (Å²) in [6.45, 7) is 5.54. The summed E-state index contributed by atoms with van der Waals surface area (Å²) in [6, 6.07) is 19.2. The van der Waals surface area contributed by atoms with Crippen LogP contribution in [0.2, 0.25) is 5.02 Å². The van der Waals surface area contributed by atoms with Crippen LogP contribution in [0.4, 0.5) is 5.69 Å². The molecule has 1 N–H and O–H groups in total. The van der Waals surface area contributed by atoms with Crippen molar-refractivity contribution >= 4 is 39.1 Å². The van der Waals surface area contributed by atoms with Gasteiger partial charge in [-0.25, -0.2) is 8.42 Å². The van der Waals surface area contributed by atoms with Gasteiger partial charge in [0.15, 0.2) is 0 Å². The van der Waals surface area contributed by atoms with E-state index >= 15 is 0 Å². The van der Waals surface area contributed by atoms with Crippen molar-refractivity contribution in [1.29, 1.82) is 0 Å². The first-order chi connectivity index (χ1) is 19.1. The molecule has 0 saturated carbocycles. The molecule has 0 aromatic heterocycles. The van der Waals surface area contributed by atoms with Crippen LogP contribution >= 0.6 is 11.6 Å². The Morgan fingerprint density at radius 1 is 0.975 bits per heavy atom. The van der Waals surface area contributed by atoms with Crippen molar-refractivity contribution in [3.05, 3.63) is 88.9 Å². The summed E-state index contributed by atoms with van der Waals surface area (Å²) in [5, 5.41) is 3.31. The highest BCUT2D eigenvalue weighted by molar-refractivity contribution is 7.92. The molecule has 10 heteroatoms. The molecule has 3 rings (SSSR count). The van der Waals surface area contributed by atoms with E-state index in [0.717, 1.165) is 16.3 Å². The molecule has 2 amide bonds. The molecule has 214 valence electrons. The van der Waals surface area contributed by atoms with E-state index in [0.29, 0.717) is 23.6 Å². The summed E-state index contributed by atoms with van der Waals surface area (Å²) in [6.07, 6.45) is 1.06. The number of amides is 2. The van der Waals surface area contributed by atoms with E-state index in [9.17, 15) is 18.0 Å². The molecule has 0 aliphatic carbocycles. The summed E-state index contributed by atoms with van der Waals surface area (Å²) in [4.78, 5) is 28.7. The molecule has 0 fully saturated rings. The maximum atomic E-state index is 14.1. The number of sulfonamides is 1. The first-order valence-electron chi connectivity index (χ1n) is 13.2. The molecule has 3 aromatic rings. The number of hydrogen-bond donors (Lipinski definition) is 1. The van der Waals surface area contributed by atoms with Crippen LogP contribution in [-0.2, 0) is 26.2 Å². The SMILES string of the molecule is CCCNC(=O)[C@@H](CC)N(Cc1ccccc1Cl)C(=O)CN(c1ccccc1OC)S(=O)(=O)c1ccc(C)cc1. The number of rotatable bonds is 13. The van der Waals surface area contributed by atoms with Crippen molar-refractivity contribution in [3.63, 3.8) is 0 Å². The van der Waals surface area contributed by atoms with Gasteiger partial charge in [0, 0.05) is 18.1 Å². The van der Waals surface area contributed by atoms with Crippen LogP contribution in [0.15, 0.2) is 77.7 Å². The minimum absolute atomic E-state index is 0.0287. The minimum atomic E-state index is -4.20. The van der Waals surface area contributed by atoms with Crippen LogP contribution in [0.3, 0.4) is 0 Å².